The second-order valence-corrected chi connectivity index (χ2v) is 3.85. The van der Waals surface area contributed by atoms with Gasteiger partial charge in [0.15, 0.2) is 0 Å². The van der Waals surface area contributed by atoms with Crippen LogP contribution in [-0.2, 0) is 12.8 Å². The molecule has 0 fully saturated rings. The van der Waals surface area contributed by atoms with Gasteiger partial charge in [-0.15, -0.1) is 0 Å². The van der Waals surface area contributed by atoms with Crippen LogP contribution in [0.3, 0.4) is 0 Å². The highest BCUT2D eigenvalue weighted by atomic mass is 16.3. The Hall–Kier alpha value is -0.870. The first-order valence-corrected chi connectivity index (χ1v) is 4.38. The summed E-state index contributed by atoms with van der Waals surface area (Å²) in [7, 11) is 0. The van der Waals surface area contributed by atoms with E-state index in [1.807, 2.05) is 6.07 Å². The largest absolute Gasteiger partial charge is 0.396 e. The molecule has 1 aromatic rings. The van der Waals surface area contributed by atoms with Crippen LogP contribution in [-0.4, -0.2) is 32.6 Å². The van der Waals surface area contributed by atoms with Gasteiger partial charge in [-0.3, -0.25) is 5.10 Å². The molecule has 0 saturated carbocycles. The van der Waals surface area contributed by atoms with Crippen molar-refractivity contribution >= 4 is 0 Å². The summed E-state index contributed by atoms with van der Waals surface area (Å²) in [5, 5.41) is 25.0. The van der Waals surface area contributed by atoms with E-state index in [2.05, 4.69) is 10.2 Å². The monoisotopic (exact) mass is 184 g/mol. The van der Waals surface area contributed by atoms with E-state index in [1.165, 1.54) is 0 Å². The Morgan fingerprint density at radius 2 is 2.23 bits per heavy atom. The van der Waals surface area contributed by atoms with Crippen molar-refractivity contribution in [1.82, 2.24) is 10.2 Å². The number of nitrogens with one attached hydrogen (secondary N) is 1. The van der Waals surface area contributed by atoms with Crippen molar-refractivity contribution in [2.45, 2.75) is 32.3 Å². The Bertz CT molecular complexity index is 263. The van der Waals surface area contributed by atoms with Crippen LogP contribution >= 0.6 is 0 Å². The van der Waals surface area contributed by atoms with E-state index >= 15 is 0 Å². The maximum Gasteiger partial charge on any atom is 0.0647 e. The third kappa shape index (κ3) is 3.57. The van der Waals surface area contributed by atoms with Gasteiger partial charge in [-0.05, 0) is 19.9 Å². The van der Waals surface area contributed by atoms with E-state index in [0.717, 1.165) is 11.4 Å². The molecule has 0 radical (unpaired) electrons. The highest BCUT2D eigenvalue weighted by Gasteiger charge is 2.14. The van der Waals surface area contributed by atoms with Gasteiger partial charge in [0.1, 0.15) is 0 Å². The lowest BCUT2D eigenvalue weighted by atomic mass is 10.0. The highest BCUT2D eigenvalue weighted by Crippen LogP contribution is 2.10. The lowest BCUT2D eigenvalue weighted by molar-refractivity contribution is 0.0799. The number of aromatic amines is 1. The number of nitrogens with zero attached hydrogens (tertiary/aromatic N) is 1. The molecule has 0 unspecified atom stereocenters. The number of aliphatic hydroxyl groups excluding tert-OH is 1. The first-order valence-electron chi connectivity index (χ1n) is 4.38. The van der Waals surface area contributed by atoms with Crippen molar-refractivity contribution in [3.8, 4) is 0 Å². The van der Waals surface area contributed by atoms with Crippen molar-refractivity contribution in [1.29, 1.82) is 0 Å². The minimum Gasteiger partial charge on any atom is -0.396 e. The van der Waals surface area contributed by atoms with Gasteiger partial charge in [-0.2, -0.15) is 5.10 Å². The van der Waals surface area contributed by atoms with Gasteiger partial charge in [0, 0.05) is 25.1 Å². The average molecular weight is 184 g/mol. The molecular formula is C9H16N2O2. The topological polar surface area (TPSA) is 69.1 Å². The summed E-state index contributed by atoms with van der Waals surface area (Å²) < 4.78 is 0. The molecule has 0 aliphatic rings. The maximum atomic E-state index is 9.51. The molecule has 4 heteroatoms. The highest BCUT2D eigenvalue weighted by molar-refractivity contribution is 5.10. The average Bonchev–Trinajstić information content (AvgIpc) is 2.33. The van der Waals surface area contributed by atoms with Crippen molar-refractivity contribution in [2.24, 2.45) is 0 Å². The van der Waals surface area contributed by atoms with E-state index in [9.17, 15) is 5.11 Å². The molecule has 0 aliphatic carbocycles. The standard InChI is InChI=1S/C9H16N2O2/c1-9(2,13)6-8-5-7(3-4-12)10-11-8/h5,12-13H,3-4,6H2,1-2H3,(H,10,11). The Morgan fingerprint density at radius 1 is 1.54 bits per heavy atom. The molecule has 0 amide bonds. The minimum atomic E-state index is -0.719. The number of aromatic nitrogens is 2. The summed E-state index contributed by atoms with van der Waals surface area (Å²) in [6.45, 7) is 3.60. The smallest absolute Gasteiger partial charge is 0.0647 e. The molecular weight excluding hydrogens is 168 g/mol. The molecule has 4 nitrogen and oxygen atoms in total. The van der Waals surface area contributed by atoms with Gasteiger partial charge in [0.25, 0.3) is 0 Å². The second kappa shape index (κ2) is 3.89. The van der Waals surface area contributed by atoms with Gasteiger partial charge in [0.2, 0.25) is 0 Å². The summed E-state index contributed by atoms with van der Waals surface area (Å²) in [6, 6.07) is 1.87. The van der Waals surface area contributed by atoms with Crippen LogP contribution in [0.15, 0.2) is 6.07 Å². The molecule has 1 rings (SSSR count). The van der Waals surface area contributed by atoms with Crippen LogP contribution in [0.25, 0.3) is 0 Å². The summed E-state index contributed by atoms with van der Waals surface area (Å²) in [6.07, 6.45) is 1.10. The van der Waals surface area contributed by atoms with E-state index < -0.39 is 5.60 Å². The van der Waals surface area contributed by atoms with Crippen LogP contribution in [0.5, 0.6) is 0 Å². The Labute approximate surface area is 77.6 Å². The van der Waals surface area contributed by atoms with E-state index in [-0.39, 0.29) is 6.61 Å². The van der Waals surface area contributed by atoms with E-state index in [4.69, 9.17) is 5.11 Å². The van der Waals surface area contributed by atoms with Crippen LogP contribution in [0.4, 0.5) is 0 Å². The van der Waals surface area contributed by atoms with Crippen LogP contribution in [0.1, 0.15) is 25.2 Å². The Kier molecular flexibility index (Phi) is 3.06. The number of aliphatic hydroxyl groups is 2. The summed E-state index contributed by atoms with van der Waals surface area (Å²) in [5.74, 6) is 0. The molecule has 13 heavy (non-hydrogen) atoms. The third-order valence-corrected chi connectivity index (χ3v) is 1.67. The Balaban J connectivity index is 2.59. The second-order valence-electron chi connectivity index (χ2n) is 3.85. The molecule has 3 N–H and O–H groups in total. The lowest BCUT2D eigenvalue weighted by Gasteiger charge is -2.14. The van der Waals surface area contributed by atoms with Crippen molar-refractivity contribution < 1.29 is 10.2 Å². The van der Waals surface area contributed by atoms with Crippen LogP contribution in [0.2, 0.25) is 0 Å². The first kappa shape index (κ1) is 10.2. The quantitative estimate of drug-likeness (QED) is 0.628. The van der Waals surface area contributed by atoms with Crippen molar-refractivity contribution in [3.05, 3.63) is 17.5 Å². The Morgan fingerprint density at radius 3 is 2.77 bits per heavy atom. The van der Waals surface area contributed by atoms with Gasteiger partial charge >= 0.3 is 0 Å². The summed E-state index contributed by atoms with van der Waals surface area (Å²) in [5.41, 5.74) is 1.01. The van der Waals surface area contributed by atoms with Crippen molar-refractivity contribution in [3.63, 3.8) is 0 Å². The number of hydrogen-bond donors (Lipinski definition) is 3. The third-order valence-electron chi connectivity index (χ3n) is 1.67. The summed E-state index contributed by atoms with van der Waals surface area (Å²) in [4.78, 5) is 0. The van der Waals surface area contributed by atoms with Crippen LogP contribution in [0, 0.1) is 0 Å². The number of rotatable bonds is 4. The zero-order valence-electron chi connectivity index (χ0n) is 8.04. The molecule has 1 heterocycles. The fraction of sp³-hybridized carbons (Fsp3) is 0.667. The molecule has 0 atom stereocenters. The van der Waals surface area contributed by atoms with Gasteiger partial charge in [-0.1, -0.05) is 0 Å². The predicted octanol–water partition coefficient (Wildman–Crippen LogP) is 0.258. The van der Waals surface area contributed by atoms with Crippen molar-refractivity contribution in [2.75, 3.05) is 6.61 Å². The predicted molar refractivity (Wildman–Crippen MR) is 49.4 cm³/mol. The SMILES string of the molecule is CC(C)(O)Cc1cc(CCO)n[nH]1. The number of H-pyrrole nitrogens is 1. The van der Waals surface area contributed by atoms with E-state index in [1.54, 1.807) is 13.8 Å². The number of hydrogen-bond acceptors (Lipinski definition) is 3. The molecule has 0 aromatic carbocycles. The first-order chi connectivity index (χ1) is 6.01. The normalized spacial score (nSPS) is 12.0. The zero-order chi connectivity index (χ0) is 9.90. The molecule has 0 aliphatic heterocycles. The van der Waals surface area contributed by atoms with Gasteiger partial charge in [-0.25, -0.2) is 0 Å². The molecule has 0 spiro atoms. The molecule has 74 valence electrons. The maximum absolute atomic E-state index is 9.51. The van der Waals surface area contributed by atoms with Crippen LogP contribution < -0.4 is 0 Å². The molecule has 0 bridgehead atoms. The lowest BCUT2D eigenvalue weighted by Crippen LogP contribution is -2.21. The molecule has 1 aromatic heterocycles. The fourth-order valence-electron chi connectivity index (χ4n) is 1.21. The van der Waals surface area contributed by atoms with E-state index in [0.29, 0.717) is 12.8 Å². The van der Waals surface area contributed by atoms with Gasteiger partial charge in [0.05, 0.1) is 11.3 Å². The fourth-order valence-corrected chi connectivity index (χ4v) is 1.21. The molecule has 0 saturated heterocycles. The summed E-state index contributed by atoms with van der Waals surface area (Å²) >= 11 is 0. The minimum absolute atomic E-state index is 0.104. The van der Waals surface area contributed by atoms with Gasteiger partial charge < -0.3 is 10.2 Å². The zero-order valence-corrected chi connectivity index (χ0v) is 8.04.